The summed E-state index contributed by atoms with van der Waals surface area (Å²) in [7, 11) is 1.61. The molecule has 1 aromatic rings. The molecule has 1 fully saturated rings. The zero-order valence-electron chi connectivity index (χ0n) is 12.2. The minimum absolute atomic E-state index is 0.0150. The van der Waals surface area contributed by atoms with Gasteiger partial charge in [-0.25, -0.2) is 0 Å². The van der Waals surface area contributed by atoms with Crippen LogP contribution in [0.4, 0.5) is 5.69 Å². The smallest absolute Gasteiger partial charge is 0.241 e. The lowest BCUT2D eigenvalue weighted by molar-refractivity contribution is -0.118. The third-order valence-electron chi connectivity index (χ3n) is 3.37. The van der Waals surface area contributed by atoms with Crippen LogP contribution in [0.2, 0.25) is 5.02 Å². The van der Waals surface area contributed by atoms with Crippen molar-refractivity contribution in [2.24, 2.45) is 0 Å². The maximum absolute atomic E-state index is 12.1. The molecule has 5 nitrogen and oxygen atoms in total. The second kappa shape index (κ2) is 8.22. The number of hydrogen-bond donors (Lipinski definition) is 2. The molecule has 0 radical (unpaired) electrons. The first-order valence-electron chi connectivity index (χ1n) is 7.16. The van der Waals surface area contributed by atoms with Crippen molar-refractivity contribution in [3.05, 3.63) is 23.2 Å². The second-order valence-corrected chi connectivity index (χ2v) is 5.39. The summed E-state index contributed by atoms with van der Waals surface area (Å²) >= 11 is 6.14. The van der Waals surface area contributed by atoms with Crippen molar-refractivity contribution in [1.29, 1.82) is 0 Å². The lowest BCUT2D eigenvalue weighted by Crippen LogP contribution is -2.43. The fraction of sp³-hybridized carbons (Fsp3) is 0.533. The molecule has 0 bridgehead atoms. The number of rotatable bonds is 6. The highest BCUT2D eigenvalue weighted by Gasteiger charge is 2.20. The van der Waals surface area contributed by atoms with Crippen molar-refractivity contribution < 1.29 is 14.3 Å². The van der Waals surface area contributed by atoms with Crippen LogP contribution in [-0.4, -0.2) is 38.8 Å². The van der Waals surface area contributed by atoms with Crippen LogP contribution in [0.1, 0.15) is 19.3 Å². The Bertz CT molecular complexity index is 476. The number of halogens is 1. The standard InChI is InChI=1S/C15H21ClN2O3/c1-20-8-9-21-14-6-5-11(10-12(14)16)18-15(19)13-4-2-3-7-17-13/h5-6,10,13,17H,2-4,7-9H2,1H3,(H,18,19). The first kappa shape index (κ1) is 16.1. The third-order valence-corrected chi connectivity index (χ3v) is 3.67. The first-order valence-corrected chi connectivity index (χ1v) is 7.54. The van der Waals surface area contributed by atoms with Gasteiger partial charge in [-0.15, -0.1) is 0 Å². The van der Waals surface area contributed by atoms with Crippen molar-refractivity contribution in [1.82, 2.24) is 5.32 Å². The van der Waals surface area contributed by atoms with E-state index in [1.165, 1.54) is 0 Å². The highest BCUT2D eigenvalue weighted by Crippen LogP contribution is 2.27. The van der Waals surface area contributed by atoms with Gasteiger partial charge in [0.05, 0.1) is 17.7 Å². The average molecular weight is 313 g/mol. The normalized spacial score (nSPS) is 18.3. The van der Waals surface area contributed by atoms with Gasteiger partial charge in [0.1, 0.15) is 12.4 Å². The van der Waals surface area contributed by atoms with Gasteiger partial charge in [-0.2, -0.15) is 0 Å². The van der Waals surface area contributed by atoms with Crippen LogP contribution in [0.5, 0.6) is 5.75 Å². The number of carbonyl (C=O) groups is 1. The van der Waals surface area contributed by atoms with E-state index in [2.05, 4.69) is 10.6 Å². The molecule has 1 amide bonds. The number of amides is 1. The fourth-order valence-corrected chi connectivity index (χ4v) is 2.47. The van der Waals surface area contributed by atoms with Crippen molar-refractivity contribution in [2.75, 3.05) is 32.2 Å². The topological polar surface area (TPSA) is 59.6 Å². The number of nitrogens with one attached hydrogen (secondary N) is 2. The number of ether oxygens (including phenoxy) is 2. The van der Waals surface area contributed by atoms with Crippen LogP contribution in [0.3, 0.4) is 0 Å². The Balaban J connectivity index is 1.91. The summed E-state index contributed by atoms with van der Waals surface area (Å²) in [4.78, 5) is 12.1. The lowest BCUT2D eigenvalue weighted by atomic mass is 10.0. The maximum atomic E-state index is 12.1. The van der Waals surface area contributed by atoms with Gasteiger partial charge in [0.25, 0.3) is 0 Å². The average Bonchev–Trinajstić information content (AvgIpc) is 2.50. The zero-order valence-corrected chi connectivity index (χ0v) is 12.9. The van der Waals surface area contributed by atoms with Crippen LogP contribution in [0.15, 0.2) is 18.2 Å². The molecule has 6 heteroatoms. The molecule has 21 heavy (non-hydrogen) atoms. The summed E-state index contributed by atoms with van der Waals surface area (Å²) in [6.45, 7) is 1.83. The largest absolute Gasteiger partial charge is 0.490 e. The lowest BCUT2D eigenvalue weighted by Gasteiger charge is -2.22. The van der Waals surface area contributed by atoms with Gasteiger partial charge in [-0.05, 0) is 37.6 Å². The van der Waals surface area contributed by atoms with Crippen molar-refractivity contribution in [3.63, 3.8) is 0 Å². The van der Waals surface area contributed by atoms with Gasteiger partial charge in [-0.1, -0.05) is 18.0 Å². The quantitative estimate of drug-likeness (QED) is 0.792. The summed E-state index contributed by atoms with van der Waals surface area (Å²) < 4.78 is 10.4. The van der Waals surface area contributed by atoms with E-state index < -0.39 is 0 Å². The van der Waals surface area contributed by atoms with E-state index in [1.807, 2.05) is 0 Å². The SMILES string of the molecule is COCCOc1ccc(NC(=O)C2CCCCN2)cc1Cl. The zero-order chi connectivity index (χ0) is 15.1. The molecule has 0 aliphatic carbocycles. The summed E-state index contributed by atoms with van der Waals surface area (Å²) in [6.07, 6.45) is 3.08. The van der Waals surface area contributed by atoms with Gasteiger partial charge in [0.2, 0.25) is 5.91 Å². The van der Waals surface area contributed by atoms with E-state index in [9.17, 15) is 4.79 Å². The number of methoxy groups -OCH3 is 1. The number of anilines is 1. The highest BCUT2D eigenvalue weighted by molar-refractivity contribution is 6.32. The van der Waals surface area contributed by atoms with E-state index in [4.69, 9.17) is 21.1 Å². The molecule has 1 aliphatic rings. The summed E-state index contributed by atoms with van der Waals surface area (Å²) in [5, 5.41) is 6.57. The van der Waals surface area contributed by atoms with E-state index in [0.717, 1.165) is 25.8 Å². The van der Waals surface area contributed by atoms with Crippen molar-refractivity contribution in [3.8, 4) is 5.75 Å². The highest BCUT2D eigenvalue weighted by atomic mass is 35.5. The number of hydrogen-bond acceptors (Lipinski definition) is 4. The molecular weight excluding hydrogens is 292 g/mol. The summed E-state index contributed by atoms with van der Waals surface area (Å²) in [5.41, 5.74) is 0.677. The van der Waals surface area contributed by atoms with Crippen molar-refractivity contribution >= 4 is 23.2 Å². The van der Waals surface area contributed by atoms with Crippen LogP contribution >= 0.6 is 11.6 Å². The maximum Gasteiger partial charge on any atom is 0.241 e. The summed E-state index contributed by atoms with van der Waals surface area (Å²) in [5.74, 6) is 0.571. The molecule has 2 rings (SSSR count). The van der Waals surface area contributed by atoms with Crippen LogP contribution < -0.4 is 15.4 Å². The Morgan fingerprint density at radius 2 is 2.29 bits per heavy atom. The molecular formula is C15H21ClN2O3. The Labute approximate surface area is 130 Å². The Morgan fingerprint density at radius 1 is 1.43 bits per heavy atom. The van der Waals surface area contributed by atoms with Gasteiger partial charge >= 0.3 is 0 Å². The van der Waals surface area contributed by atoms with Gasteiger partial charge in [0, 0.05) is 12.8 Å². The number of piperidine rings is 1. The molecule has 1 saturated heterocycles. The minimum Gasteiger partial charge on any atom is -0.490 e. The second-order valence-electron chi connectivity index (χ2n) is 4.98. The molecule has 0 aromatic heterocycles. The first-order chi connectivity index (χ1) is 10.2. The monoisotopic (exact) mass is 312 g/mol. The van der Waals surface area contributed by atoms with Crippen LogP contribution in [-0.2, 0) is 9.53 Å². The van der Waals surface area contributed by atoms with Gasteiger partial charge < -0.3 is 20.1 Å². The third kappa shape index (κ3) is 4.88. The fourth-order valence-electron chi connectivity index (χ4n) is 2.24. The molecule has 0 spiro atoms. The Kier molecular flexibility index (Phi) is 6.29. The Hall–Kier alpha value is -1.30. The predicted molar refractivity (Wildman–Crippen MR) is 83.1 cm³/mol. The molecule has 2 N–H and O–H groups in total. The van der Waals surface area contributed by atoms with Gasteiger partial charge in [-0.3, -0.25) is 4.79 Å². The van der Waals surface area contributed by atoms with E-state index in [1.54, 1.807) is 25.3 Å². The number of benzene rings is 1. The summed E-state index contributed by atoms with van der Waals surface area (Å²) in [6, 6.07) is 5.12. The van der Waals surface area contributed by atoms with Gasteiger partial charge in [0.15, 0.2) is 0 Å². The van der Waals surface area contributed by atoms with E-state index in [-0.39, 0.29) is 11.9 Å². The molecule has 116 valence electrons. The van der Waals surface area contributed by atoms with Crippen LogP contribution in [0.25, 0.3) is 0 Å². The molecule has 1 unspecified atom stereocenters. The molecule has 1 aromatic carbocycles. The van der Waals surface area contributed by atoms with E-state index >= 15 is 0 Å². The van der Waals surface area contributed by atoms with E-state index in [0.29, 0.717) is 29.7 Å². The molecule has 0 saturated carbocycles. The van der Waals surface area contributed by atoms with Crippen molar-refractivity contribution in [2.45, 2.75) is 25.3 Å². The predicted octanol–water partition coefficient (Wildman–Crippen LogP) is 2.45. The molecule has 1 aliphatic heterocycles. The number of carbonyl (C=O) groups excluding carboxylic acids is 1. The molecule has 1 heterocycles. The molecule has 1 atom stereocenters. The Morgan fingerprint density at radius 3 is 2.95 bits per heavy atom. The minimum atomic E-state index is -0.116. The van der Waals surface area contributed by atoms with Crippen LogP contribution in [0, 0.1) is 0 Å².